The van der Waals surface area contributed by atoms with Gasteiger partial charge in [-0.05, 0) is 62.8 Å². The lowest BCUT2D eigenvalue weighted by Gasteiger charge is -2.16. The molecule has 0 aliphatic carbocycles. The van der Waals surface area contributed by atoms with E-state index in [-0.39, 0.29) is 0 Å². The van der Waals surface area contributed by atoms with Gasteiger partial charge in [0.2, 0.25) is 0 Å². The fourth-order valence-electron chi connectivity index (χ4n) is 2.75. The van der Waals surface area contributed by atoms with E-state index in [2.05, 4.69) is 69.1 Å². The normalized spacial score (nSPS) is 13.2. The second kappa shape index (κ2) is 11.8. The Balaban J connectivity index is 2.49. The van der Waals surface area contributed by atoms with Gasteiger partial charge in [-0.3, -0.25) is 0 Å². The van der Waals surface area contributed by atoms with E-state index in [1.807, 2.05) is 24.3 Å². The van der Waals surface area contributed by atoms with E-state index in [1.54, 1.807) is 36.5 Å². The summed E-state index contributed by atoms with van der Waals surface area (Å²) in [5, 5.41) is 9.81. The Hall–Kier alpha value is -2.66. The molecule has 0 aliphatic heterocycles. The highest BCUT2D eigenvalue weighted by Crippen LogP contribution is 2.26. The number of hydrogen-bond donors (Lipinski definition) is 1. The van der Waals surface area contributed by atoms with E-state index in [0.717, 1.165) is 43.5 Å². The van der Waals surface area contributed by atoms with Gasteiger partial charge in [-0.15, -0.1) is 29.1 Å². The van der Waals surface area contributed by atoms with Crippen LogP contribution in [0.2, 0.25) is 0 Å². The van der Waals surface area contributed by atoms with Crippen LogP contribution in [-0.2, 0) is 0 Å². The molecule has 2 aromatic heterocycles. The highest BCUT2D eigenvalue weighted by atomic mass is 32.1. The third-order valence-corrected chi connectivity index (χ3v) is 6.84. The smallest absolute Gasteiger partial charge is 0.120 e. The van der Waals surface area contributed by atoms with Crippen LogP contribution < -0.4 is 0 Å². The molecular formula is C29H30OS2. The maximum Gasteiger partial charge on any atom is 0.120 e. The Kier molecular flexibility index (Phi) is 9.45. The monoisotopic (exact) mass is 458 g/mol. The molecule has 3 heteroatoms. The van der Waals surface area contributed by atoms with Gasteiger partial charge in [-0.2, -0.15) is 0 Å². The molecule has 0 radical (unpaired) electrons. The molecule has 0 saturated carbocycles. The van der Waals surface area contributed by atoms with Crippen molar-refractivity contribution in [3.8, 4) is 47.9 Å². The largest absolute Gasteiger partial charge is 0.378 e. The van der Waals surface area contributed by atoms with Crippen molar-refractivity contribution in [1.29, 1.82) is 0 Å². The summed E-state index contributed by atoms with van der Waals surface area (Å²) < 4.78 is 0. The van der Waals surface area contributed by atoms with Gasteiger partial charge in [0, 0.05) is 11.1 Å². The molecule has 0 saturated heterocycles. The van der Waals surface area contributed by atoms with Crippen molar-refractivity contribution in [3.05, 3.63) is 54.9 Å². The molecule has 1 N–H and O–H groups in total. The number of hydrogen-bond acceptors (Lipinski definition) is 3. The van der Waals surface area contributed by atoms with E-state index in [0.29, 0.717) is 11.8 Å². The summed E-state index contributed by atoms with van der Waals surface area (Å²) in [6.07, 6.45) is 7.50. The number of aliphatic hydroxyl groups is 1. The molecule has 0 aliphatic rings. The molecule has 164 valence electrons. The number of terminal acetylenes is 1. The van der Waals surface area contributed by atoms with Crippen LogP contribution >= 0.6 is 22.7 Å². The van der Waals surface area contributed by atoms with E-state index in [1.165, 1.54) is 0 Å². The minimum Gasteiger partial charge on any atom is -0.378 e. The second-order valence-electron chi connectivity index (χ2n) is 8.23. The van der Waals surface area contributed by atoms with Gasteiger partial charge in [-0.25, -0.2) is 0 Å². The van der Waals surface area contributed by atoms with Crippen LogP contribution in [0.15, 0.2) is 35.4 Å². The predicted molar refractivity (Wildman–Crippen MR) is 139 cm³/mol. The summed E-state index contributed by atoms with van der Waals surface area (Å²) >= 11 is 3.08. The van der Waals surface area contributed by atoms with E-state index in [4.69, 9.17) is 6.42 Å². The van der Waals surface area contributed by atoms with Crippen molar-refractivity contribution in [2.24, 2.45) is 11.8 Å². The predicted octanol–water partition coefficient (Wildman–Crippen LogP) is 6.71. The van der Waals surface area contributed by atoms with Gasteiger partial charge in [0.25, 0.3) is 0 Å². The van der Waals surface area contributed by atoms with Crippen LogP contribution in [-0.4, -0.2) is 10.7 Å². The first kappa shape index (κ1) is 25.6. The lowest BCUT2D eigenvalue weighted by Crippen LogP contribution is -2.14. The lowest BCUT2D eigenvalue weighted by molar-refractivity contribution is 0.143. The van der Waals surface area contributed by atoms with Crippen LogP contribution in [0.1, 0.15) is 73.9 Å². The van der Waals surface area contributed by atoms with Crippen molar-refractivity contribution >= 4 is 22.7 Å². The molecule has 2 heterocycles. The molecule has 2 rings (SSSR count). The summed E-state index contributed by atoms with van der Waals surface area (Å²) in [5.74, 6) is 22.7. The van der Waals surface area contributed by atoms with Gasteiger partial charge in [0.1, 0.15) is 5.60 Å². The molecule has 0 aromatic carbocycles. The molecule has 0 bridgehead atoms. The Labute approximate surface area is 202 Å². The van der Waals surface area contributed by atoms with E-state index < -0.39 is 5.60 Å². The minimum absolute atomic E-state index is 0.319. The first-order chi connectivity index (χ1) is 15.2. The average molecular weight is 459 g/mol. The molecule has 2 aromatic rings. The summed E-state index contributed by atoms with van der Waals surface area (Å²) in [7, 11) is 0. The maximum atomic E-state index is 9.81. The van der Waals surface area contributed by atoms with Crippen molar-refractivity contribution < 1.29 is 5.11 Å². The SMILES string of the molecule is C#Cc1ccc(C#C/C(=C(/C#Cc2ccc(C#CC(C)(C)O)s2)C(C)CC)C(C)CC)s1. The van der Waals surface area contributed by atoms with Gasteiger partial charge in [0.15, 0.2) is 0 Å². The minimum atomic E-state index is -1.00. The lowest BCUT2D eigenvalue weighted by atomic mass is 9.87. The van der Waals surface area contributed by atoms with Crippen molar-refractivity contribution in [1.82, 2.24) is 0 Å². The zero-order valence-corrected chi connectivity index (χ0v) is 21.4. The van der Waals surface area contributed by atoms with Gasteiger partial charge >= 0.3 is 0 Å². The van der Waals surface area contributed by atoms with E-state index in [9.17, 15) is 5.11 Å². The van der Waals surface area contributed by atoms with Gasteiger partial charge < -0.3 is 5.11 Å². The topological polar surface area (TPSA) is 20.2 Å². The molecule has 32 heavy (non-hydrogen) atoms. The summed E-state index contributed by atoms with van der Waals surface area (Å²) in [6.45, 7) is 12.1. The molecule has 2 atom stereocenters. The zero-order valence-electron chi connectivity index (χ0n) is 19.7. The zero-order chi connectivity index (χ0) is 23.7. The molecule has 0 fully saturated rings. The van der Waals surface area contributed by atoms with Gasteiger partial charge in [-0.1, -0.05) is 69.1 Å². The molecule has 1 nitrogen and oxygen atoms in total. The summed E-state index contributed by atoms with van der Waals surface area (Å²) in [6, 6.07) is 7.86. The summed E-state index contributed by atoms with van der Waals surface area (Å²) in [5.41, 5.74) is 1.22. The van der Waals surface area contributed by atoms with Crippen LogP contribution in [0.4, 0.5) is 0 Å². The van der Waals surface area contributed by atoms with Crippen LogP contribution in [0.3, 0.4) is 0 Å². The molecule has 2 unspecified atom stereocenters. The van der Waals surface area contributed by atoms with Gasteiger partial charge in [0.05, 0.1) is 19.5 Å². The number of allylic oxidation sites excluding steroid dienone is 2. The quantitative estimate of drug-likeness (QED) is 0.505. The molecule has 0 spiro atoms. The highest BCUT2D eigenvalue weighted by Gasteiger charge is 2.15. The maximum absolute atomic E-state index is 9.81. The molecular weight excluding hydrogens is 428 g/mol. The van der Waals surface area contributed by atoms with Crippen LogP contribution in [0.5, 0.6) is 0 Å². The third-order valence-electron chi connectivity index (χ3n) is 4.99. The van der Waals surface area contributed by atoms with E-state index >= 15 is 0 Å². The number of thiophene rings is 2. The molecule has 0 amide bonds. The second-order valence-corrected chi connectivity index (χ2v) is 10.4. The van der Waals surface area contributed by atoms with Crippen molar-refractivity contribution in [2.75, 3.05) is 0 Å². The Morgan fingerprint density at radius 3 is 1.62 bits per heavy atom. The Morgan fingerprint density at radius 2 is 1.25 bits per heavy atom. The summed E-state index contributed by atoms with van der Waals surface area (Å²) in [4.78, 5) is 3.73. The fraction of sp³-hybridized carbons (Fsp3) is 0.379. The first-order valence-electron chi connectivity index (χ1n) is 10.9. The fourth-order valence-corrected chi connectivity index (χ4v) is 4.13. The van der Waals surface area contributed by atoms with Crippen LogP contribution in [0.25, 0.3) is 0 Å². The first-order valence-corrected chi connectivity index (χ1v) is 12.5. The standard InChI is InChI=1S/C29H30OS2/c1-8-21(4)27(17-15-24-12-11-23(10-3)31-24)28(22(5)9-2)18-16-25-13-14-26(32-25)19-20-29(6,7)30/h3,11-14,21-22,30H,8-9H2,1-2,4-7H3/b28-27+. The number of rotatable bonds is 4. The van der Waals surface area contributed by atoms with Crippen molar-refractivity contribution in [2.45, 2.75) is 60.0 Å². The highest BCUT2D eigenvalue weighted by molar-refractivity contribution is 7.13. The van der Waals surface area contributed by atoms with Crippen LogP contribution in [0, 0.1) is 59.7 Å². The average Bonchev–Trinajstić information content (AvgIpc) is 3.42. The Morgan fingerprint density at radius 1 is 0.844 bits per heavy atom. The third kappa shape index (κ3) is 7.79. The Bertz CT molecular complexity index is 1190. The van der Waals surface area contributed by atoms with Crippen molar-refractivity contribution in [3.63, 3.8) is 0 Å².